The highest BCUT2D eigenvalue weighted by Gasteiger charge is 2.32. The molecular weight excluding hydrogens is 465 g/mol. The van der Waals surface area contributed by atoms with E-state index in [2.05, 4.69) is 20.5 Å². The fourth-order valence-corrected chi connectivity index (χ4v) is 3.14. The van der Waals surface area contributed by atoms with Crippen LogP contribution in [0.25, 0.3) is 11.5 Å². The van der Waals surface area contributed by atoms with Gasteiger partial charge < -0.3 is 24.2 Å². The lowest BCUT2D eigenvalue weighted by Crippen LogP contribution is -2.35. The molecule has 33 heavy (non-hydrogen) atoms. The van der Waals surface area contributed by atoms with Gasteiger partial charge in [-0.1, -0.05) is 5.21 Å². The minimum absolute atomic E-state index is 0.000993. The van der Waals surface area contributed by atoms with E-state index in [0.717, 1.165) is 15.4 Å². The van der Waals surface area contributed by atoms with Crippen LogP contribution in [0.4, 0.5) is 4.39 Å². The van der Waals surface area contributed by atoms with Gasteiger partial charge in [-0.05, 0) is 18.3 Å². The van der Waals surface area contributed by atoms with Gasteiger partial charge in [-0.3, -0.25) is 14.3 Å². The molecule has 4 heterocycles. The first-order chi connectivity index (χ1) is 15.7. The van der Waals surface area contributed by atoms with Gasteiger partial charge in [0.1, 0.15) is 29.8 Å². The average Bonchev–Trinajstić information content (AvgIpc) is 3.52. The Balaban J connectivity index is 1.44. The number of aliphatic hydroxyl groups excluding tert-OH is 3. The van der Waals surface area contributed by atoms with Crippen LogP contribution in [0.15, 0.2) is 43.1 Å². The summed E-state index contributed by atoms with van der Waals surface area (Å²) in [6.45, 7) is -0.499. The van der Waals surface area contributed by atoms with Crippen molar-refractivity contribution in [2.24, 2.45) is 0 Å². The Labute approximate surface area is 186 Å². The van der Waals surface area contributed by atoms with E-state index < -0.39 is 35.4 Å². The Bertz CT molecular complexity index is 1430. The van der Waals surface area contributed by atoms with Gasteiger partial charge in [0.15, 0.2) is 0 Å². The van der Waals surface area contributed by atoms with Gasteiger partial charge in [-0.15, -0.1) is 10.2 Å². The molecule has 5 N–H and O–H groups in total. The van der Waals surface area contributed by atoms with Crippen LogP contribution in [-0.4, -0.2) is 62.3 Å². The van der Waals surface area contributed by atoms with Crippen molar-refractivity contribution in [2.45, 2.75) is 31.4 Å². The van der Waals surface area contributed by atoms with Crippen LogP contribution in [0, 0.1) is 10.7 Å². The van der Waals surface area contributed by atoms with Crippen molar-refractivity contribution in [2.75, 3.05) is 0 Å². The fourth-order valence-electron chi connectivity index (χ4n) is 3.01. The second-order valence-corrected chi connectivity index (χ2v) is 7.29. The first-order valence-corrected chi connectivity index (χ1v) is 9.69. The predicted molar refractivity (Wildman–Crippen MR) is 107 cm³/mol. The van der Waals surface area contributed by atoms with E-state index in [9.17, 15) is 29.3 Å². The Morgan fingerprint density at radius 2 is 2.03 bits per heavy atom. The molecule has 0 bridgehead atoms. The van der Waals surface area contributed by atoms with E-state index in [0.29, 0.717) is 0 Å². The molecule has 0 spiro atoms. The molecule has 0 amide bonds. The van der Waals surface area contributed by atoms with Gasteiger partial charge in [-0.25, -0.2) is 14.6 Å². The minimum Gasteiger partial charge on any atom is -0.466 e. The third-order valence-electron chi connectivity index (χ3n) is 4.61. The Morgan fingerprint density at radius 3 is 2.76 bits per heavy atom. The van der Waals surface area contributed by atoms with Gasteiger partial charge >= 0.3 is 5.69 Å². The highest BCUT2D eigenvalue weighted by atomic mass is 32.1. The van der Waals surface area contributed by atoms with Crippen molar-refractivity contribution in [3.8, 4) is 11.5 Å². The number of furan rings is 1. The first-order valence-electron chi connectivity index (χ1n) is 9.28. The number of hydrogen-bond donors (Lipinski definition) is 5. The molecule has 174 valence electrons. The Hall–Kier alpha value is -3.73. The van der Waals surface area contributed by atoms with Crippen LogP contribution < -0.4 is 11.2 Å². The molecule has 3 atom stereocenters. The second-order valence-electron chi connectivity index (χ2n) is 6.92. The lowest BCUT2D eigenvalue weighted by atomic mass is 10.0. The summed E-state index contributed by atoms with van der Waals surface area (Å²) < 4.78 is 25.8. The van der Waals surface area contributed by atoms with E-state index >= 15 is 0 Å². The van der Waals surface area contributed by atoms with Gasteiger partial charge in [0.25, 0.3) is 10.4 Å². The summed E-state index contributed by atoms with van der Waals surface area (Å²) in [6, 6.07) is 1.44. The molecule has 0 saturated heterocycles. The number of aliphatic hydroxyl groups is 3. The summed E-state index contributed by atoms with van der Waals surface area (Å²) in [6.07, 6.45) is -1.57. The summed E-state index contributed by atoms with van der Waals surface area (Å²) in [7, 11) is 0. The molecule has 0 fully saturated rings. The number of rotatable bonds is 8. The zero-order chi connectivity index (χ0) is 23.7. The van der Waals surface area contributed by atoms with Crippen molar-refractivity contribution >= 4 is 12.2 Å². The van der Waals surface area contributed by atoms with Crippen molar-refractivity contribution in [3.63, 3.8) is 0 Å². The molecular formula is C17H16FN7O7S. The number of aromatic nitrogens is 7. The highest BCUT2D eigenvalue weighted by molar-refractivity contribution is 7.71. The topological polar surface area (TPSA) is 201 Å². The van der Waals surface area contributed by atoms with Crippen LogP contribution in [0.5, 0.6) is 0 Å². The molecule has 0 radical (unpaired) electrons. The second kappa shape index (κ2) is 9.02. The molecule has 0 unspecified atom stereocenters. The van der Waals surface area contributed by atoms with E-state index in [-0.39, 0.29) is 40.8 Å². The summed E-state index contributed by atoms with van der Waals surface area (Å²) in [5.41, 5.74) is -1.54. The third-order valence-corrected chi connectivity index (χ3v) is 4.78. The zero-order valence-corrected chi connectivity index (χ0v) is 17.3. The summed E-state index contributed by atoms with van der Waals surface area (Å²) >= 11 is 4.81. The Kier molecular flexibility index (Phi) is 6.14. The van der Waals surface area contributed by atoms with Gasteiger partial charge in [-0.2, -0.15) is 4.39 Å². The van der Waals surface area contributed by atoms with Crippen LogP contribution in [0.2, 0.25) is 0 Å². The molecule has 0 aliphatic heterocycles. The van der Waals surface area contributed by atoms with Gasteiger partial charge in [0.2, 0.25) is 11.7 Å². The molecule has 0 aromatic carbocycles. The van der Waals surface area contributed by atoms with E-state index in [1.165, 1.54) is 18.5 Å². The number of nitrogens with one attached hydrogen (secondary N) is 2. The summed E-state index contributed by atoms with van der Waals surface area (Å²) in [4.78, 5) is 24.7. The van der Waals surface area contributed by atoms with Crippen LogP contribution in [0.3, 0.4) is 0 Å². The monoisotopic (exact) mass is 481 g/mol. The molecule has 0 saturated carbocycles. The van der Waals surface area contributed by atoms with Gasteiger partial charge in [0, 0.05) is 0 Å². The zero-order valence-electron chi connectivity index (χ0n) is 16.5. The maximum atomic E-state index is 13.4. The number of aromatic amines is 2. The Morgan fingerprint density at radius 1 is 1.24 bits per heavy atom. The SMILES string of the molecule is O=c1[nH]c(=O)n(Cc2cn(C[C@@H](O)[C@@H](O)[C@H](O)c3occc3-c3n[nH]c(=S)o3)nn2)cc1F. The van der Waals surface area contributed by atoms with E-state index in [4.69, 9.17) is 21.1 Å². The van der Waals surface area contributed by atoms with Crippen LogP contribution in [0.1, 0.15) is 17.6 Å². The molecule has 14 nitrogen and oxygen atoms in total. The van der Waals surface area contributed by atoms with Crippen molar-refractivity contribution in [3.05, 3.63) is 67.7 Å². The minimum atomic E-state index is -1.71. The number of hydrogen-bond acceptors (Lipinski definition) is 11. The normalized spacial score (nSPS) is 14.3. The summed E-state index contributed by atoms with van der Waals surface area (Å²) in [5, 5.41) is 45.1. The lowest BCUT2D eigenvalue weighted by molar-refractivity contribution is -0.0737. The molecule has 0 aliphatic carbocycles. The molecule has 4 rings (SSSR count). The van der Waals surface area contributed by atoms with Crippen LogP contribution >= 0.6 is 12.2 Å². The number of H-pyrrole nitrogens is 2. The van der Waals surface area contributed by atoms with Crippen LogP contribution in [-0.2, 0) is 13.1 Å². The van der Waals surface area contributed by atoms with Crippen molar-refractivity contribution < 1.29 is 28.5 Å². The third kappa shape index (κ3) is 4.72. The molecule has 16 heteroatoms. The highest BCUT2D eigenvalue weighted by Crippen LogP contribution is 2.31. The van der Waals surface area contributed by atoms with E-state index in [1.807, 2.05) is 4.98 Å². The van der Waals surface area contributed by atoms with Gasteiger partial charge in [0.05, 0.1) is 37.3 Å². The lowest BCUT2D eigenvalue weighted by Gasteiger charge is -2.21. The largest absolute Gasteiger partial charge is 0.466 e. The maximum Gasteiger partial charge on any atom is 0.328 e. The van der Waals surface area contributed by atoms with E-state index in [1.54, 1.807) is 0 Å². The predicted octanol–water partition coefficient (Wildman–Crippen LogP) is -0.924. The fraction of sp³-hybridized carbons (Fsp3) is 0.294. The molecule has 4 aromatic rings. The summed E-state index contributed by atoms with van der Waals surface area (Å²) in [5.74, 6) is -1.22. The van der Waals surface area contributed by atoms with Crippen molar-refractivity contribution in [1.29, 1.82) is 0 Å². The maximum absolute atomic E-state index is 13.4. The smallest absolute Gasteiger partial charge is 0.328 e. The number of halogens is 1. The number of nitrogens with zero attached hydrogens (tertiary/aromatic N) is 5. The quantitative estimate of drug-likeness (QED) is 0.195. The molecule has 0 aliphatic rings. The van der Waals surface area contributed by atoms with Crippen molar-refractivity contribution in [1.82, 2.24) is 34.7 Å². The average molecular weight is 481 g/mol. The molecule has 4 aromatic heterocycles. The standard InChI is InChI=1S/C17H16FN7O7S/c18-9-5-24(16(30)19-14(9)29)3-7-4-25(23-20-7)6-10(26)11(27)12(28)13-8(1-2-31-13)15-21-22-17(33)32-15/h1-2,4-5,10-12,26-28H,3,6H2,(H,22,33)(H,19,29,30)/t10-,11-,12+/m1/s1. The first kappa shape index (κ1) is 22.5.